The van der Waals surface area contributed by atoms with Crippen molar-refractivity contribution in [2.24, 2.45) is 0 Å². The fraction of sp³-hybridized carbons (Fsp3) is 0.350. The molecule has 0 unspecified atom stereocenters. The summed E-state index contributed by atoms with van der Waals surface area (Å²) in [4.78, 5) is 27.0. The van der Waals surface area contributed by atoms with Crippen LogP contribution in [-0.2, 0) is 17.6 Å². The number of rotatable bonds is 6. The van der Waals surface area contributed by atoms with Crippen molar-refractivity contribution in [3.63, 3.8) is 0 Å². The summed E-state index contributed by atoms with van der Waals surface area (Å²) < 4.78 is 0. The van der Waals surface area contributed by atoms with Gasteiger partial charge in [0.25, 0.3) is 5.69 Å². The molecule has 0 radical (unpaired) electrons. The SMILES string of the molecule is O=C(Cc1ccccc1Cl)N1CCN(CCc2ccc([N+](=O)[O-])cc2)CC1. The van der Waals surface area contributed by atoms with Crippen molar-refractivity contribution in [3.8, 4) is 0 Å². The molecular formula is C20H22ClN3O3. The maximum absolute atomic E-state index is 12.5. The van der Waals surface area contributed by atoms with Crippen LogP contribution in [0.4, 0.5) is 5.69 Å². The lowest BCUT2D eigenvalue weighted by molar-refractivity contribution is -0.384. The van der Waals surface area contributed by atoms with Crippen LogP contribution < -0.4 is 0 Å². The number of carbonyl (C=O) groups excluding carboxylic acids is 1. The van der Waals surface area contributed by atoms with Gasteiger partial charge in [0.1, 0.15) is 0 Å². The highest BCUT2D eigenvalue weighted by Crippen LogP contribution is 2.17. The first-order chi connectivity index (χ1) is 13.0. The van der Waals surface area contributed by atoms with Gasteiger partial charge in [-0.2, -0.15) is 0 Å². The minimum atomic E-state index is -0.386. The average molecular weight is 388 g/mol. The first kappa shape index (κ1) is 19.3. The van der Waals surface area contributed by atoms with Crippen LogP contribution in [0.15, 0.2) is 48.5 Å². The third-order valence-electron chi connectivity index (χ3n) is 4.89. The number of nitro benzene ring substituents is 1. The maximum Gasteiger partial charge on any atom is 0.269 e. The van der Waals surface area contributed by atoms with Crippen molar-refractivity contribution in [1.82, 2.24) is 9.80 Å². The van der Waals surface area contributed by atoms with E-state index in [0.717, 1.165) is 37.2 Å². The van der Waals surface area contributed by atoms with E-state index in [9.17, 15) is 14.9 Å². The van der Waals surface area contributed by atoms with E-state index < -0.39 is 0 Å². The van der Waals surface area contributed by atoms with Crippen LogP contribution in [0.1, 0.15) is 11.1 Å². The number of carbonyl (C=O) groups is 1. The van der Waals surface area contributed by atoms with Gasteiger partial charge in [-0.15, -0.1) is 0 Å². The maximum atomic E-state index is 12.5. The number of halogens is 1. The molecular weight excluding hydrogens is 366 g/mol. The minimum Gasteiger partial charge on any atom is -0.340 e. The van der Waals surface area contributed by atoms with Gasteiger partial charge in [0.2, 0.25) is 5.91 Å². The van der Waals surface area contributed by atoms with Gasteiger partial charge in [0, 0.05) is 49.9 Å². The zero-order valence-corrected chi connectivity index (χ0v) is 15.8. The highest BCUT2D eigenvalue weighted by molar-refractivity contribution is 6.31. The van der Waals surface area contributed by atoms with E-state index in [-0.39, 0.29) is 16.5 Å². The average Bonchev–Trinajstić information content (AvgIpc) is 2.69. The molecule has 1 aliphatic rings. The Balaban J connectivity index is 1.44. The summed E-state index contributed by atoms with van der Waals surface area (Å²) in [5.74, 6) is 0.109. The summed E-state index contributed by atoms with van der Waals surface area (Å²) in [7, 11) is 0. The summed E-state index contributed by atoms with van der Waals surface area (Å²) in [6, 6.07) is 14.1. The van der Waals surface area contributed by atoms with E-state index in [0.29, 0.717) is 24.5 Å². The normalized spacial score (nSPS) is 14.9. The predicted molar refractivity (Wildman–Crippen MR) is 105 cm³/mol. The number of nitrogens with zero attached hydrogens (tertiary/aromatic N) is 3. The van der Waals surface area contributed by atoms with E-state index in [1.165, 1.54) is 0 Å². The quantitative estimate of drug-likeness (QED) is 0.564. The summed E-state index contributed by atoms with van der Waals surface area (Å²) in [6.07, 6.45) is 1.17. The van der Waals surface area contributed by atoms with E-state index in [1.54, 1.807) is 18.2 Å². The Morgan fingerprint density at radius 2 is 1.70 bits per heavy atom. The summed E-state index contributed by atoms with van der Waals surface area (Å²) in [5, 5.41) is 11.3. The topological polar surface area (TPSA) is 66.7 Å². The number of hydrogen-bond acceptors (Lipinski definition) is 4. The molecule has 3 rings (SSSR count). The highest BCUT2D eigenvalue weighted by atomic mass is 35.5. The Morgan fingerprint density at radius 1 is 1.04 bits per heavy atom. The van der Waals surface area contributed by atoms with Gasteiger partial charge in [-0.3, -0.25) is 19.8 Å². The molecule has 0 aromatic heterocycles. The number of hydrogen-bond donors (Lipinski definition) is 0. The van der Waals surface area contributed by atoms with Crippen molar-refractivity contribution in [3.05, 3.63) is 74.8 Å². The van der Waals surface area contributed by atoms with Crippen LogP contribution in [0, 0.1) is 10.1 Å². The highest BCUT2D eigenvalue weighted by Gasteiger charge is 2.21. The van der Waals surface area contributed by atoms with Gasteiger partial charge in [-0.25, -0.2) is 0 Å². The Hall–Kier alpha value is -2.44. The fourth-order valence-corrected chi connectivity index (χ4v) is 3.41. The molecule has 2 aromatic rings. The molecule has 27 heavy (non-hydrogen) atoms. The Kier molecular flexibility index (Phi) is 6.42. The zero-order chi connectivity index (χ0) is 19.2. The number of nitro groups is 1. The van der Waals surface area contributed by atoms with Crippen LogP contribution in [0.5, 0.6) is 0 Å². The van der Waals surface area contributed by atoms with E-state index >= 15 is 0 Å². The molecule has 2 aromatic carbocycles. The van der Waals surface area contributed by atoms with Crippen LogP contribution in [0.25, 0.3) is 0 Å². The van der Waals surface area contributed by atoms with Crippen LogP contribution in [-0.4, -0.2) is 53.4 Å². The number of amides is 1. The summed E-state index contributed by atoms with van der Waals surface area (Å²) >= 11 is 6.14. The van der Waals surface area contributed by atoms with E-state index in [1.807, 2.05) is 35.2 Å². The lowest BCUT2D eigenvalue weighted by Crippen LogP contribution is -2.49. The van der Waals surface area contributed by atoms with Gasteiger partial charge in [-0.05, 0) is 23.6 Å². The van der Waals surface area contributed by atoms with Gasteiger partial charge in [0.15, 0.2) is 0 Å². The molecule has 0 atom stereocenters. The molecule has 1 saturated heterocycles. The minimum absolute atomic E-state index is 0.109. The molecule has 6 nitrogen and oxygen atoms in total. The monoisotopic (exact) mass is 387 g/mol. The second kappa shape index (κ2) is 8.97. The van der Waals surface area contributed by atoms with Crippen LogP contribution >= 0.6 is 11.6 Å². The van der Waals surface area contributed by atoms with Crippen molar-refractivity contribution in [2.75, 3.05) is 32.7 Å². The first-order valence-corrected chi connectivity index (χ1v) is 9.37. The second-order valence-corrected chi connectivity index (χ2v) is 7.07. The summed E-state index contributed by atoms with van der Waals surface area (Å²) in [6.45, 7) is 3.97. The third-order valence-corrected chi connectivity index (χ3v) is 5.26. The molecule has 0 bridgehead atoms. The predicted octanol–water partition coefficient (Wildman–Crippen LogP) is 3.18. The number of piperazine rings is 1. The smallest absolute Gasteiger partial charge is 0.269 e. The molecule has 1 heterocycles. The van der Waals surface area contributed by atoms with Crippen molar-refractivity contribution >= 4 is 23.2 Å². The van der Waals surface area contributed by atoms with E-state index in [4.69, 9.17) is 11.6 Å². The fourth-order valence-electron chi connectivity index (χ4n) is 3.21. The first-order valence-electron chi connectivity index (χ1n) is 9.00. The lowest BCUT2D eigenvalue weighted by Gasteiger charge is -2.35. The van der Waals surface area contributed by atoms with Crippen molar-refractivity contribution < 1.29 is 9.72 Å². The summed E-state index contributed by atoms with van der Waals surface area (Å²) in [5.41, 5.74) is 2.06. The molecule has 0 N–H and O–H groups in total. The zero-order valence-electron chi connectivity index (χ0n) is 15.0. The lowest BCUT2D eigenvalue weighted by atomic mass is 10.1. The third kappa shape index (κ3) is 5.28. The number of non-ortho nitro benzene ring substituents is 1. The van der Waals surface area contributed by atoms with Gasteiger partial charge < -0.3 is 4.90 Å². The van der Waals surface area contributed by atoms with Gasteiger partial charge >= 0.3 is 0 Å². The standard InChI is InChI=1S/C20H22ClN3O3/c21-19-4-2-1-3-17(19)15-20(25)23-13-11-22(12-14-23)10-9-16-5-7-18(8-6-16)24(26)27/h1-8H,9-15H2. The van der Waals surface area contributed by atoms with Crippen molar-refractivity contribution in [1.29, 1.82) is 0 Å². The molecule has 7 heteroatoms. The molecule has 1 fully saturated rings. The van der Waals surface area contributed by atoms with E-state index in [2.05, 4.69) is 4.90 Å². The second-order valence-electron chi connectivity index (χ2n) is 6.66. The Labute approximate surface area is 163 Å². The molecule has 1 aliphatic heterocycles. The van der Waals surface area contributed by atoms with Crippen LogP contribution in [0.2, 0.25) is 5.02 Å². The Morgan fingerprint density at radius 3 is 2.33 bits per heavy atom. The molecule has 1 amide bonds. The molecule has 0 saturated carbocycles. The molecule has 142 valence electrons. The molecule has 0 spiro atoms. The van der Waals surface area contributed by atoms with Crippen molar-refractivity contribution in [2.45, 2.75) is 12.8 Å². The Bertz CT molecular complexity index is 802. The molecule has 0 aliphatic carbocycles. The van der Waals surface area contributed by atoms with Gasteiger partial charge in [-0.1, -0.05) is 41.9 Å². The van der Waals surface area contributed by atoms with Crippen LogP contribution in [0.3, 0.4) is 0 Å². The largest absolute Gasteiger partial charge is 0.340 e. The van der Waals surface area contributed by atoms with Gasteiger partial charge in [0.05, 0.1) is 11.3 Å². The number of benzene rings is 2.